The molecule has 22 heavy (non-hydrogen) atoms. The van der Waals surface area contributed by atoms with E-state index in [1.807, 2.05) is 20.2 Å². The molecule has 0 aliphatic carbocycles. The first-order valence-electron chi connectivity index (χ1n) is 6.81. The molecule has 1 N–H and O–H groups in total. The summed E-state index contributed by atoms with van der Waals surface area (Å²) in [7, 11) is 3.53. The van der Waals surface area contributed by atoms with Crippen LogP contribution in [0.5, 0.6) is 0 Å². The molecule has 0 aliphatic rings. The largest absolute Gasteiger partial charge is 0.478 e. The Balaban J connectivity index is 2.08. The maximum Gasteiger partial charge on any atom is 0.338 e. The van der Waals surface area contributed by atoms with Gasteiger partial charge in [0.2, 0.25) is 5.91 Å². The standard InChI is InChI=1S/C14H19N5O3/c1-9-12(7-18(4)16-9)6-17(3)13(20)10(2)19-8-11(5-15-19)14(21)22/h5,7-8,10H,6H2,1-4H3,(H,21,22). The lowest BCUT2D eigenvalue weighted by Crippen LogP contribution is -2.33. The van der Waals surface area contributed by atoms with Gasteiger partial charge in [-0.2, -0.15) is 10.2 Å². The van der Waals surface area contributed by atoms with Crippen molar-refractivity contribution in [2.45, 2.75) is 26.4 Å². The van der Waals surface area contributed by atoms with E-state index in [9.17, 15) is 9.59 Å². The Hall–Kier alpha value is -2.64. The third kappa shape index (κ3) is 3.16. The zero-order valence-corrected chi connectivity index (χ0v) is 13.0. The molecule has 8 nitrogen and oxygen atoms in total. The molecule has 0 fully saturated rings. The summed E-state index contributed by atoms with van der Waals surface area (Å²) in [5, 5.41) is 17.1. The summed E-state index contributed by atoms with van der Waals surface area (Å²) in [5.74, 6) is -1.21. The Morgan fingerprint density at radius 1 is 1.41 bits per heavy atom. The van der Waals surface area contributed by atoms with Gasteiger partial charge in [-0.3, -0.25) is 14.2 Å². The van der Waals surface area contributed by atoms with E-state index < -0.39 is 12.0 Å². The summed E-state index contributed by atoms with van der Waals surface area (Å²) in [4.78, 5) is 24.9. The van der Waals surface area contributed by atoms with E-state index in [2.05, 4.69) is 10.2 Å². The summed E-state index contributed by atoms with van der Waals surface area (Å²) >= 11 is 0. The number of likely N-dealkylation sites (N-methyl/N-ethyl adjacent to an activating group) is 1. The van der Waals surface area contributed by atoms with Gasteiger partial charge in [0, 0.05) is 38.6 Å². The lowest BCUT2D eigenvalue weighted by atomic mass is 10.2. The van der Waals surface area contributed by atoms with Gasteiger partial charge in [-0.1, -0.05) is 0 Å². The number of carbonyl (C=O) groups is 2. The van der Waals surface area contributed by atoms with Crippen molar-refractivity contribution in [3.8, 4) is 0 Å². The predicted molar refractivity (Wildman–Crippen MR) is 78.3 cm³/mol. The van der Waals surface area contributed by atoms with Crippen molar-refractivity contribution in [3.63, 3.8) is 0 Å². The molecule has 2 rings (SSSR count). The van der Waals surface area contributed by atoms with Gasteiger partial charge in [-0.15, -0.1) is 0 Å². The van der Waals surface area contributed by atoms with E-state index in [-0.39, 0.29) is 11.5 Å². The second kappa shape index (κ2) is 6.00. The van der Waals surface area contributed by atoms with Gasteiger partial charge >= 0.3 is 5.97 Å². The van der Waals surface area contributed by atoms with Crippen LogP contribution in [-0.2, 0) is 18.4 Å². The van der Waals surface area contributed by atoms with Crippen LogP contribution in [-0.4, -0.2) is 48.5 Å². The minimum absolute atomic E-state index is 0.0606. The molecule has 2 aromatic rings. The second-order valence-electron chi connectivity index (χ2n) is 5.30. The van der Waals surface area contributed by atoms with Crippen LogP contribution in [0.3, 0.4) is 0 Å². The van der Waals surface area contributed by atoms with E-state index >= 15 is 0 Å². The van der Waals surface area contributed by atoms with Crippen LogP contribution in [0, 0.1) is 6.92 Å². The van der Waals surface area contributed by atoms with E-state index in [4.69, 9.17) is 5.11 Å². The average Bonchev–Trinajstić information content (AvgIpc) is 3.04. The number of carboxylic acids is 1. The molecule has 0 aliphatic heterocycles. The zero-order valence-electron chi connectivity index (χ0n) is 13.0. The Labute approximate surface area is 127 Å². The van der Waals surface area contributed by atoms with Gasteiger partial charge in [0.05, 0.1) is 17.5 Å². The highest BCUT2D eigenvalue weighted by molar-refractivity contribution is 5.87. The molecule has 0 radical (unpaired) electrons. The summed E-state index contributed by atoms with van der Waals surface area (Å²) in [6.07, 6.45) is 4.46. The number of aromatic carboxylic acids is 1. The van der Waals surface area contributed by atoms with Gasteiger partial charge in [0.1, 0.15) is 6.04 Å². The van der Waals surface area contributed by atoms with E-state index in [0.717, 1.165) is 11.3 Å². The normalized spacial score (nSPS) is 12.2. The Morgan fingerprint density at radius 3 is 2.59 bits per heavy atom. The van der Waals surface area contributed by atoms with Crippen LogP contribution in [0.25, 0.3) is 0 Å². The Morgan fingerprint density at radius 2 is 2.09 bits per heavy atom. The van der Waals surface area contributed by atoms with Gasteiger partial charge in [0.25, 0.3) is 0 Å². The number of carbonyl (C=O) groups excluding carboxylic acids is 1. The van der Waals surface area contributed by atoms with Crippen molar-refractivity contribution in [2.75, 3.05) is 7.05 Å². The van der Waals surface area contributed by atoms with E-state index in [0.29, 0.717) is 6.54 Å². The first-order chi connectivity index (χ1) is 10.3. The maximum absolute atomic E-state index is 12.4. The van der Waals surface area contributed by atoms with Gasteiger partial charge in [-0.25, -0.2) is 4.79 Å². The highest BCUT2D eigenvalue weighted by Gasteiger charge is 2.22. The fourth-order valence-electron chi connectivity index (χ4n) is 2.23. The number of aromatic nitrogens is 4. The van der Waals surface area contributed by atoms with Crippen LogP contribution in [0.15, 0.2) is 18.6 Å². The van der Waals surface area contributed by atoms with Crippen LogP contribution < -0.4 is 0 Å². The predicted octanol–water partition coefficient (Wildman–Crippen LogP) is 0.843. The molecule has 1 amide bonds. The molecule has 118 valence electrons. The Kier molecular flexibility index (Phi) is 4.30. The minimum Gasteiger partial charge on any atom is -0.478 e. The number of hydrogen-bond donors (Lipinski definition) is 1. The molecular formula is C14H19N5O3. The smallest absolute Gasteiger partial charge is 0.338 e. The average molecular weight is 305 g/mol. The molecule has 8 heteroatoms. The third-order valence-corrected chi connectivity index (χ3v) is 3.50. The lowest BCUT2D eigenvalue weighted by molar-refractivity contribution is -0.133. The number of hydrogen-bond acceptors (Lipinski definition) is 4. The van der Waals surface area contributed by atoms with Crippen molar-refractivity contribution in [3.05, 3.63) is 35.4 Å². The van der Waals surface area contributed by atoms with Crippen molar-refractivity contribution >= 4 is 11.9 Å². The molecular weight excluding hydrogens is 286 g/mol. The van der Waals surface area contributed by atoms with Crippen LogP contribution >= 0.6 is 0 Å². The highest BCUT2D eigenvalue weighted by atomic mass is 16.4. The number of carboxylic acid groups (broad SMARTS) is 1. The monoisotopic (exact) mass is 305 g/mol. The summed E-state index contributed by atoms with van der Waals surface area (Å²) in [6, 6.07) is -0.574. The molecule has 2 heterocycles. The van der Waals surface area contributed by atoms with Gasteiger partial charge < -0.3 is 10.0 Å². The van der Waals surface area contributed by atoms with Crippen molar-refractivity contribution in [1.29, 1.82) is 0 Å². The molecule has 0 bridgehead atoms. The van der Waals surface area contributed by atoms with Crippen LogP contribution in [0.2, 0.25) is 0 Å². The first-order valence-corrected chi connectivity index (χ1v) is 6.81. The third-order valence-electron chi connectivity index (χ3n) is 3.50. The van der Waals surface area contributed by atoms with Crippen LogP contribution in [0.1, 0.15) is 34.6 Å². The fraction of sp³-hybridized carbons (Fsp3) is 0.429. The maximum atomic E-state index is 12.4. The minimum atomic E-state index is -1.06. The van der Waals surface area contributed by atoms with Crippen LogP contribution in [0.4, 0.5) is 0 Å². The number of amides is 1. The van der Waals surface area contributed by atoms with E-state index in [1.54, 1.807) is 23.6 Å². The lowest BCUT2D eigenvalue weighted by Gasteiger charge is -2.21. The summed E-state index contributed by atoms with van der Waals surface area (Å²) in [5.41, 5.74) is 1.91. The fourth-order valence-corrected chi connectivity index (χ4v) is 2.23. The molecule has 0 aromatic carbocycles. The molecule has 0 spiro atoms. The molecule has 1 unspecified atom stereocenters. The van der Waals surface area contributed by atoms with Crippen molar-refractivity contribution < 1.29 is 14.7 Å². The Bertz CT molecular complexity index is 703. The quantitative estimate of drug-likeness (QED) is 0.883. The molecule has 0 saturated carbocycles. The van der Waals surface area contributed by atoms with E-state index in [1.165, 1.54) is 17.1 Å². The first kappa shape index (κ1) is 15.7. The zero-order chi connectivity index (χ0) is 16.4. The van der Waals surface area contributed by atoms with Crippen molar-refractivity contribution in [1.82, 2.24) is 24.5 Å². The van der Waals surface area contributed by atoms with Gasteiger partial charge in [-0.05, 0) is 13.8 Å². The number of nitrogens with zero attached hydrogens (tertiary/aromatic N) is 5. The highest BCUT2D eigenvalue weighted by Crippen LogP contribution is 2.13. The van der Waals surface area contributed by atoms with Crippen molar-refractivity contribution in [2.24, 2.45) is 7.05 Å². The summed E-state index contributed by atoms with van der Waals surface area (Å²) < 4.78 is 3.07. The number of aryl methyl sites for hydroxylation is 2. The summed E-state index contributed by atoms with van der Waals surface area (Å²) in [6.45, 7) is 4.02. The SMILES string of the molecule is Cc1nn(C)cc1CN(C)C(=O)C(C)n1cc(C(=O)O)cn1. The second-order valence-corrected chi connectivity index (χ2v) is 5.30. The molecule has 2 aromatic heterocycles. The molecule has 0 saturated heterocycles. The topological polar surface area (TPSA) is 93.2 Å². The number of rotatable bonds is 5. The van der Waals surface area contributed by atoms with Gasteiger partial charge in [0.15, 0.2) is 0 Å². The molecule has 1 atom stereocenters.